The molecule has 2 amide bonds. The summed E-state index contributed by atoms with van der Waals surface area (Å²) >= 11 is 0. The fourth-order valence-corrected chi connectivity index (χ4v) is 8.42. The van der Waals surface area contributed by atoms with E-state index in [1.807, 2.05) is 57.3 Å². The van der Waals surface area contributed by atoms with Crippen LogP contribution in [-0.4, -0.2) is 74.3 Å². The van der Waals surface area contributed by atoms with Gasteiger partial charge in [-0.15, -0.1) is 0 Å². The van der Waals surface area contributed by atoms with E-state index in [9.17, 15) is 9.59 Å². The molecule has 0 bridgehead atoms. The zero-order chi connectivity index (χ0) is 38.6. The summed E-state index contributed by atoms with van der Waals surface area (Å²) in [4.78, 5) is 46.8. The van der Waals surface area contributed by atoms with Crippen molar-refractivity contribution in [3.63, 3.8) is 0 Å². The number of amides is 2. The maximum Gasteiger partial charge on any atom is 0.410 e. The quantitative estimate of drug-likeness (QED) is 0.165. The molecule has 4 aromatic carbocycles. The minimum Gasteiger partial charge on any atom is -0.488 e. The number of aromatic amines is 2. The van der Waals surface area contributed by atoms with Crippen LogP contribution in [-0.2, 0) is 27.4 Å². The molecule has 12 heteroatoms. The van der Waals surface area contributed by atoms with Crippen LogP contribution in [0.3, 0.4) is 0 Å². The van der Waals surface area contributed by atoms with Gasteiger partial charge < -0.3 is 28.9 Å². The Bertz CT molecular complexity index is 2430. The Morgan fingerprint density at radius 3 is 2.61 bits per heavy atom. The Kier molecular flexibility index (Phi) is 9.15. The number of ether oxygens (including phenoxy) is 4. The van der Waals surface area contributed by atoms with Gasteiger partial charge in [0, 0.05) is 37.1 Å². The second-order valence-electron chi connectivity index (χ2n) is 16.1. The second kappa shape index (κ2) is 14.3. The molecule has 2 saturated heterocycles. The van der Waals surface area contributed by atoms with Crippen molar-refractivity contribution in [2.75, 3.05) is 26.8 Å². The summed E-state index contributed by atoms with van der Waals surface area (Å²) in [5, 5.41) is 2.04. The van der Waals surface area contributed by atoms with Crippen molar-refractivity contribution in [1.29, 1.82) is 0 Å². The number of H-pyrrole nitrogens is 2. The minimum absolute atomic E-state index is 0.184. The van der Waals surface area contributed by atoms with Gasteiger partial charge in [-0.25, -0.2) is 19.6 Å². The highest BCUT2D eigenvalue weighted by molar-refractivity contribution is 6.07. The zero-order valence-electron chi connectivity index (χ0n) is 32.1. The number of hydrogen-bond donors (Lipinski definition) is 2. The first kappa shape index (κ1) is 35.8. The van der Waals surface area contributed by atoms with Crippen molar-refractivity contribution in [2.45, 2.75) is 70.9 Å². The number of imidazole rings is 2. The van der Waals surface area contributed by atoms with Crippen LogP contribution in [0.4, 0.5) is 9.59 Å². The third-order valence-electron chi connectivity index (χ3n) is 11.0. The molecule has 0 saturated carbocycles. The first-order chi connectivity index (χ1) is 27.1. The molecule has 9 rings (SSSR count). The van der Waals surface area contributed by atoms with E-state index in [0.29, 0.717) is 26.3 Å². The van der Waals surface area contributed by atoms with Crippen molar-refractivity contribution >= 4 is 34.0 Å². The third-order valence-corrected chi connectivity index (χ3v) is 11.0. The molecule has 56 heavy (non-hydrogen) atoms. The number of benzene rings is 4. The Morgan fingerprint density at radius 2 is 1.79 bits per heavy atom. The first-order valence-electron chi connectivity index (χ1n) is 19.4. The van der Waals surface area contributed by atoms with Crippen LogP contribution in [0.25, 0.3) is 44.2 Å². The predicted octanol–water partition coefficient (Wildman–Crippen LogP) is 9.08. The van der Waals surface area contributed by atoms with Crippen LogP contribution < -0.4 is 4.74 Å². The summed E-state index contributed by atoms with van der Waals surface area (Å²) < 4.78 is 23.3. The normalized spacial score (nSPS) is 19.2. The van der Waals surface area contributed by atoms with Crippen molar-refractivity contribution in [1.82, 2.24) is 29.7 Å². The Labute approximate surface area is 325 Å². The molecule has 3 atom stereocenters. The van der Waals surface area contributed by atoms with Gasteiger partial charge in [-0.2, -0.15) is 0 Å². The van der Waals surface area contributed by atoms with Gasteiger partial charge in [0.1, 0.15) is 36.2 Å². The second-order valence-corrected chi connectivity index (χ2v) is 16.1. The third kappa shape index (κ3) is 6.82. The summed E-state index contributed by atoms with van der Waals surface area (Å²) in [6, 6.07) is 24.1. The number of nitrogens with one attached hydrogen (secondary N) is 2. The fraction of sp³-hybridized carbons (Fsp3) is 0.364. The zero-order valence-corrected chi connectivity index (χ0v) is 32.1. The Morgan fingerprint density at radius 1 is 0.929 bits per heavy atom. The molecule has 3 aliphatic heterocycles. The van der Waals surface area contributed by atoms with Gasteiger partial charge in [0.25, 0.3) is 0 Å². The topological polar surface area (TPSA) is 135 Å². The van der Waals surface area contributed by atoms with Gasteiger partial charge in [-0.05, 0) is 91.9 Å². The lowest BCUT2D eigenvalue weighted by molar-refractivity contribution is 0.0208. The summed E-state index contributed by atoms with van der Waals surface area (Å²) in [5.41, 5.74) is 7.20. The number of likely N-dealkylation sites (tertiary alicyclic amines) is 2. The molecule has 12 nitrogen and oxygen atoms in total. The lowest BCUT2D eigenvalue weighted by Gasteiger charge is -2.27. The van der Waals surface area contributed by atoms with Crippen molar-refractivity contribution in [2.24, 2.45) is 5.92 Å². The largest absolute Gasteiger partial charge is 0.488 e. The monoisotopic (exact) mass is 754 g/mol. The highest BCUT2D eigenvalue weighted by atomic mass is 16.6. The van der Waals surface area contributed by atoms with E-state index in [4.69, 9.17) is 28.9 Å². The van der Waals surface area contributed by atoms with Crippen LogP contribution in [0.15, 0.2) is 79.0 Å². The summed E-state index contributed by atoms with van der Waals surface area (Å²) in [5.74, 6) is 2.49. The van der Waals surface area contributed by atoms with Crippen LogP contribution in [0, 0.1) is 5.92 Å². The fourth-order valence-electron chi connectivity index (χ4n) is 8.42. The van der Waals surface area contributed by atoms with Gasteiger partial charge >= 0.3 is 12.2 Å². The van der Waals surface area contributed by atoms with Gasteiger partial charge in [0.2, 0.25) is 0 Å². The van der Waals surface area contributed by atoms with E-state index >= 15 is 0 Å². The Hall–Kier alpha value is -5.88. The lowest BCUT2D eigenvalue weighted by atomic mass is 9.92. The molecule has 5 heterocycles. The minimum atomic E-state index is -0.598. The molecule has 3 unspecified atom stereocenters. The maximum atomic E-state index is 13.2. The van der Waals surface area contributed by atoms with Crippen LogP contribution in [0.2, 0.25) is 0 Å². The average molecular weight is 755 g/mol. The number of hydrogen-bond acceptors (Lipinski definition) is 8. The van der Waals surface area contributed by atoms with Gasteiger partial charge in [-0.3, -0.25) is 9.80 Å². The molecule has 3 aliphatic rings. The van der Waals surface area contributed by atoms with Crippen molar-refractivity contribution < 1.29 is 28.5 Å². The predicted molar refractivity (Wildman–Crippen MR) is 212 cm³/mol. The number of rotatable bonds is 7. The molecule has 0 spiro atoms. The molecular weight excluding hydrogens is 709 g/mol. The van der Waals surface area contributed by atoms with E-state index in [0.717, 1.165) is 92.0 Å². The summed E-state index contributed by atoms with van der Waals surface area (Å²) in [6.07, 6.45) is 3.60. The summed E-state index contributed by atoms with van der Waals surface area (Å²) in [6.45, 7) is 8.02. The standard InChI is InChI=1S/C44H46N6O6/c1-44(2,3)56-43(52)50-22-27(23-53-4)17-37(50)40-45-21-35(47-40)29-12-14-31-30(18-29)25-54-38-20-32-28(19-33(31)38)13-15-34-39(32)48-41(46-34)36-11-8-16-49(36)42(51)55-24-26-9-6-5-7-10-26/h5-7,9-10,12-15,18-21,27,36-37H,8,11,16-17,22-25H2,1-4H3,(H,45,47)(H,46,48). The molecule has 2 aromatic heterocycles. The van der Waals surface area contributed by atoms with Gasteiger partial charge in [0.05, 0.1) is 41.6 Å². The molecule has 288 valence electrons. The lowest BCUT2D eigenvalue weighted by Crippen LogP contribution is -2.37. The highest BCUT2D eigenvalue weighted by Crippen LogP contribution is 2.43. The van der Waals surface area contributed by atoms with E-state index < -0.39 is 5.60 Å². The number of carbonyl (C=O) groups is 2. The number of nitrogens with zero attached hydrogens (tertiary/aromatic N) is 4. The van der Waals surface area contributed by atoms with E-state index in [1.54, 1.807) is 16.9 Å². The first-order valence-corrected chi connectivity index (χ1v) is 19.4. The number of aromatic nitrogens is 4. The van der Waals surface area contributed by atoms with Crippen molar-refractivity contribution in [3.8, 4) is 28.1 Å². The molecule has 2 fully saturated rings. The van der Waals surface area contributed by atoms with Crippen LogP contribution in [0.5, 0.6) is 5.75 Å². The molecular formula is C44H46N6O6. The number of fused-ring (bicyclic) bond motifs is 6. The molecule has 6 aromatic rings. The smallest absolute Gasteiger partial charge is 0.410 e. The van der Waals surface area contributed by atoms with Crippen LogP contribution in [0.1, 0.15) is 74.9 Å². The summed E-state index contributed by atoms with van der Waals surface area (Å²) in [7, 11) is 1.69. The molecule has 0 radical (unpaired) electrons. The van der Waals surface area contributed by atoms with Crippen molar-refractivity contribution in [3.05, 3.63) is 102 Å². The van der Waals surface area contributed by atoms with E-state index in [2.05, 4.69) is 52.4 Å². The van der Waals surface area contributed by atoms with Gasteiger partial charge in [0.15, 0.2) is 0 Å². The van der Waals surface area contributed by atoms with Crippen LogP contribution >= 0.6 is 0 Å². The number of methoxy groups -OCH3 is 1. The van der Waals surface area contributed by atoms with Gasteiger partial charge in [-0.1, -0.05) is 48.5 Å². The van der Waals surface area contributed by atoms with E-state index in [-0.39, 0.29) is 36.8 Å². The highest BCUT2D eigenvalue weighted by Gasteiger charge is 2.40. The van der Waals surface area contributed by atoms with E-state index in [1.165, 1.54) is 0 Å². The molecule has 0 aliphatic carbocycles. The Balaban J connectivity index is 0.954. The maximum absolute atomic E-state index is 13.2. The SMILES string of the molecule is COCC1CC(c2ncc(-c3ccc4c(c3)COc3cc5c(ccc6[nH]c(C7CCCN7C(=O)OCc7ccccc7)nc65)cc3-4)[nH]2)N(C(=O)OC(C)(C)C)C1. The number of carbonyl (C=O) groups excluding carboxylic acids is 2. The molecule has 2 N–H and O–H groups in total. The average Bonchev–Trinajstić information content (AvgIpc) is 4.02.